The monoisotopic (exact) mass is 444 g/mol. The molecule has 1 aliphatic rings. The fourth-order valence-corrected chi connectivity index (χ4v) is 4.70. The van der Waals surface area contributed by atoms with Crippen molar-refractivity contribution in [2.45, 2.75) is 18.7 Å². The number of benzene rings is 2. The van der Waals surface area contributed by atoms with Crippen LogP contribution in [-0.2, 0) is 19.6 Å². The molecule has 1 saturated heterocycles. The van der Waals surface area contributed by atoms with Gasteiger partial charge >= 0.3 is 0 Å². The predicted octanol–water partition coefficient (Wildman–Crippen LogP) is 1.75. The maximum absolute atomic E-state index is 13.0. The van der Waals surface area contributed by atoms with Crippen molar-refractivity contribution in [3.8, 4) is 0 Å². The number of hydrogen-bond donors (Lipinski definition) is 2. The number of anilines is 2. The van der Waals surface area contributed by atoms with Crippen LogP contribution in [0.1, 0.15) is 24.2 Å². The van der Waals surface area contributed by atoms with E-state index in [9.17, 15) is 22.8 Å². The molecule has 0 saturated carbocycles. The lowest BCUT2D eigenvalue weighted by atomic mass is 10.2. The van der Waals surface area contributed by atoms with Gasteiger partial charge in [0.2, 0.25) is 21.8 Å². The standard InChI is InChI=1S/C21H24N4O5S/c1-15(26)22-18-6-8-19(9-7-18)23-21(28)17-4-3-5-20(14-17)31(29,30)25-12-10-24(11-13-25)16(2)27/h3-9,14H,10-13H2,1-2H3,(H,22,26)(H,23,28). The second kappa shape index (κ2) is 9.27. The summed E-state index contributed by atoms with van der Waals surface area (Å²) in [4.78, 5) is 36.8. The molecule has 1 heterocycles. The molecule has 164 valence electrons. The Bertz CT molecular complexity index is 1090. The minimum Gasteiger partial charge on any atom is -0.340 e. The van der Waals surface area contributed by atoms with E-state index in [1.54, 1.807) is 29.2 Å². The maximum atomic E-state index is 13.0. The smallest absolute Gasteiger partial charge is 0.255 e. The molecule has 0 aromatic heterocycles. The number of nitrogens with zero attached hydrogens (tertiary/aromatic N) is 2. The van der Waals surface area contributed by atoms with Crippen LogP contribution in [0, 0.1) is 0 Å². The van der Waals surface area contributed by atoms with Crippen LogP contribution >= 0.6 is 0 Å². The Kier molecular flexibility index (Phi) is 6.71. The van der Waals surface area contributed by atoms with Crippen molar-refractivity contribution < 1.29 is 22.8 Å². The first kappa shape index (κ1) is 22.4. The number of amides is 3. The number of carbonyl (C=O) groups is 3. The second-order valence-corrected chi connectivity index (χ2v) is 9.09. The third-order valence-corrected chi connectivity index (χ3v) is 6.78. The minimum absolute atomic E-state index is 0.0254. The summed E-state index contributed by atoms with van der Waals surface area (Å²) in [5, 5.41) is 5.35. The molecule has 1 fully saturated rings. The highest BCUT2D eigenvalue weighted by Crippen LogP contribution is 2.20. The molecule has 2 aromatic rings. The van der Waals surface area contributed by atoms with Crippen molar-refractivity contribution in [1.82, 2.24) is 9.21 Å². The van der Waals surface area contributed by atoms with Gasteiger partial charge in [0.1, 0.15) is 0 Å². The first-order valence-corrected chi connectivity index (χ1v) is 11.2. The predicted molar refractivity (Wildman–Crippen MR) is 116 cm³/mol. The Morgan fingerprint density at radius 2 is 1.42 bits per heavy atom. The van der Waals surface area contributed by atoms with Crippen LogP contribution in [-0.4, -0.2) is 61.5 Å². The van der Waals surface area contributed by atoms with Gasteiger partial charge in [0.15, 0.2) is 0 Å². The van der Waals surface area contributed by atoms with Crippen LogP contribution in [0.4, 0.5) is 11.4 Å². The van der Waals surface area contributed by atoms with Crippen molar-refractivity contribution >= 4 is 39.1 Å². The molecular weight excluding hydrogens is 420 g/mol. The van der Waals surface area contributed by atoms with Crippen LogP contribution in [0.2, 0.25) is 0 Å². The zero-order chi connectivity index (χ0) is 22.6. The Morgan fingerprint density at radius 1 is 0.839 bits per heavy atom. The lowest BCUT2D eigenvalue weighted by molar-refractivity contribution is -0.130. The van der Waals surface area contributed by atoms with Crippen LogP contribution < -0.4 is 10.6 Å². The van der Waals surface area contributed by atoms with Gasteiger partial charge in [-0.3, -0.25) is 14.4 Å². The summed E-state index contributed by atoms with van der Waals surface area (Å²) < 4.78 is 27.3. The molecule has 0 unspecified atom stereocenters. The lowest BCUT2D eigenvalue weighted by Gasteiger charge is -2.33. The molecule has 9 nitrogen and oxygen atoms in total. The number of nitrogens with one attached hydrogen (secondary N) is 2. The third-order valence-electron chi connectivity index (χ3n) is 4.88. The molecule has 0 spiro atoms. The van der Waals surface area contributed by atoms with Gasteiger partial charge in [-0.2, -0.15) is 4.31 Å². The van der Waals surface area contributed by atoms with E-state index in [0.717, 1.165) is 0 Å². The molecule has 3 rings (SSSR count). The van der Waals surface area contributed by atoms with Gasteiger partial charge in [0.05, 0.1) is 4.90 Å². The van der Waals surface area contributed by atoms with E-state index in [4.69, 9.17) is 0 Å². The first-order valence-electron chi connectivity index (χ1n) is 9.71. The average molecular weight is 445 g/mol. The highest BCUT2D eigenvalue weighted by atomic mass is 32.2. The van der Waals surface area contributed by atoms with E-state index < -0.39 is 15.9 Å². The molecule has 0 bridgehead atoms. The normalized spacial score (nSPS) is 14.7. The molecule has 0 atom stereocenters. The number of rotatable bonds is 5. The number of carbonyl (C=O) groups excluding carboxylic acids is 3. The highest BCUT2D eigenvalue weighted by molar-refractivity contribution is 7.89. The van der Waals surface area contributed by atoms with E-state index >= 15 is 0 Å². The van der Waals surface area contributed by atoms with E-state index in [0.29, 0.717) is 24.5 Å². The number of hydrogen-bond acceptors (Lipinski definition) is 5. The molecular formula is C21H24N4O5S. The molecule has 0 radical (unpaired) electrons. The fraction of sp³-hybridized carbons (Fsp3) is 0.286. The summed E-state index contributed by atoms with van der Waals surface area (Å²) in [7, 11) is -3.78. The lowest BCUT2D eigenvalue weighted by Crippen LogP contribution is -2.49. The molecule has 3 amide bonds. The number of sulfonamides is 1. The van der Waals surface area contributed by atoms with Crippen molar-refractivity contribution in [3.05, 3.63) is 54.1 Å². The summed E-state index contributed by atoms with van der Waals surface area (Å²) >= 11 is 0. The van der Waals surface area contributed by atoms with E-state index in [-0.39, 0.29) is 35.4 Å². The van der Waals surface area contributed by atoms with Gasteiger partial charge in [-0.1, -0.05) is 6.07 Å². The van der Waals surface area contributed by atoms with Crippen molar-refractivity contribution in [2.24, 2.45) is 0 Å². The quantitative estimate of drug-likeness (QED) is 0.729. The van der Waals surface area contributed by atoms with E-state index in [1.807, 2.05) is 0 Å². The summed E-state index contributed by atoms with van der Waals surface area (Å²) in [6, 6.07) is 12.4. The van der Waals surface area contributed by atoms with Gasteiger partial charge in [-0.15, -0.1) is 0 Å². The minimum atomic E-state index is -3.78. The first-order chi connectivity index (χ1) is 14.7. The van der Waals surface area contributed by atoms with Crippen LogP contribution in [0.25, 0.3) is 0 Å². The van der Waals surface area contributed by atoms with Crippen molar-refractivity contribution in [1.29, 1.82) is 0 Å². The largest absolute Gasteiger partial charge is 0.340 e. The topological polar surface area (TPSA) is 116 Å². The summed E-state index contributed by atoms with van der Waals surface area (Å²) in [6.07, 6.45) is 0. The zero-order valence-electron chi connectivity index (χ0n) is 17.3. The molecule has 1 aliphatic heterocycles. The summed E-state index contributed by atoms with van der Waals surface area (Å²) in [5.74, 6) is -0.732. The Hall–Kier alpha value is -3.24. The van der Waals surface area contributed by atoms with Crippen LogP contribution in [0.3, 0.4) is 0 Å². The van der Waals surface area contributed by atoms with Crippen molar-refractivity contribution in [2.75, 3.05) is 36.8 Å². The SMILES string of the molecule is CC(=O)Nc1ccc(NC(=O)c2cccc(S(=O)(=O)N3CCN(C(C)=O)CC3)c2)cc1. The molecule has 31 heavy (non-hydrogen) atoms. The summed E-state index contributed by atoms with van der Waals surface area (Å²) in [6.45, 7) is 3.95. The van der Waals surface area contributed by atoms with Gasteiger partial charge in [-0.25, -0.2) is 8.42 Å². The van der Waals surface area contributed by atoms with Gasteiger partial charge in [0.25, 0.3) is 5.91 Å². The second-order valence-electron chi connectivity index (χ2n) is 7.15. The zero-order valence-corrected chi connectivity index (χ0v) is 18.1. The highest BCUT2D eigenvalue weighted by Gasteiger charge is 2.29. The van der Waals surface area contributed by atoms with E-state index in [1.165, 1.54) is 42.4 Å². The Labute approximate surface area is 181 Å². The van der Waals surface area contributed by atoms with Gasteiger partial charge < -0.3 is 15.5 Å². The molecule has 10 heteroatoms. The fourth-order valence-electron chi connectivity index (χ4n) is 3.23. The Morgan fingerprint density at radius 3 is 1.97 bits per heavy atom. The molecule has 2 aromatic carbocycles. The number of piperazine rings is 1. The summed E-state index contributed by atoms with van der Waals surface area (Å²) in [5.41, 5.74) is 1.31. The Balaban J connectivity index is 1.71. The molecule has 0 aliphatic carbocycles. The maximum Gasteiger partial charge on any atom is 0.255 e. The van der Waals surface area contributed by atoms with E-state index in [2.05, 4.69) is 10.6 Å². The van der Waals surface area contributed by atoms with Gasteiger partial charge in [-0.05, 0) is 42.5 Å². The van der Waals surface area contributed by atoms with Crippen LogP contribution in [0.5, 0.6) is 0 Å². The van der Waals surface area contributed by atoms with Crippen molar-refractivity contribution in [3.63, 3.8) is 0 Å². The third kappa shape index (κ3) is 5.47. The van der Waals surface area contributed by atoms with Gasteiger partial charge in [0, 0.05) is 57.0 Å². The molecule has 2 N–H and O–H groups in total. The average Bonchev–Trinajstić information content (AvgIpc) is 2.75. The van der Waals surface area contributed by atoms with Crippen LogP contribution in [0.15, 0.2) is 53.4 Å².